The quantitative estimate of drug-likeness (QED) is 0.697. The maximum Gasteiger partial charge on any atom is 0.0935 e. The maximum atomic E-state index is 11.6. The third-order valence-electron chi connectivity index (χ3n) is 2.66. The van der Waals surface area contributed by atoms with Crippen LogP contribution in [-0.2, 0) is 15.5 Å². The van der Waals surface area contributed by atoms with Crippen LogP contribution in [0.25, 0.3) is 0 Å². The number of allylic oxidation sites excluding steroid dienone is 1. The Balaban J connectivity index is 2.48. The van der Waals surface area contributed by atoms with Crippen molar-refractivity contribution in [1.82, 2.24) is 0 Å². The number of ether oxygens (including phenoxy) is 1. The van der Waals surface area contributed by atoms with Crippen LogP contribution in [0, 0.1) is 5.41 Å². The summed E-state index contributed by atoms with van der Waals surface area (Å²) in [5.74, 6) is 1.67. The van der Waals surface area contributed by atoms with E-state index >= 15 is 0 Å². The summed E-state index contributed by atoms with van der Waals surface area (Å²) < 4.78 is 17.2. The van der Waals surface area contributed by atoms with Gasteiger partial charge in [-0.15, -0.1) is 0 Å². The molecule has 15 heavy (non-hydrogen) atoms. The highest BCUT2D eigenvalue weighted by Gasteiger charge is 2.29. The maximum absolute atomic E-state index is 11.6. The fraction of sp³-hybridized carbons (Fsp3) is 0.833. The molecule has 0 amide bonds. The summed E-state index contributed by atoms with van der Waals surface area (Å²) in [5, 5.41) is 0. The van der Waals surface area contributed by atoms with Crippen molar-refractivity contribution >= 4 is 10.8 Å². The van der Waals surface area contributed by atoms with Gasteiger partial charge in [-0.1, -0.05) is 13.3 Å². The Labute approximate surface area is 95.5 Å². The van der Waals surface area contributed by atoms with E-state index in [1.165, 1.54) is 12.0 Å². The van der Waals surface area contributed by atoms with E-state index < -0.39 is 10.8 Å². The van der Waals surface area contributed by atoms with E-state index in [4.69, 9.17) is 4.74 Å². The van der Waals surface area contributed by atoms with Crippen LogP contribution in [0.5, 0.6) is 0 Å². The second kappa shape index (κ2) is 5.69. The Morgan fingerprint density at radius 2 is 2.20 bits per heavy atom. The molecule has 1 fully saturated rings. The van der Waals surface area contributed by atoms with E-state index in [0.29, 0.717) is 6.61 Å². The molecule has 0 aromatic rings. The molecule has 3 heteroatoms. The Kier molecular flexibility index (Phi) is 4.84. The van der Waals surface area contributed by atoms with Gasteiger partial charge in [-0.05, 0) is 32.3 Å². The normalized spacial score (nSPS) is 31.8. The highest BCUT2D eigenvalue weighted by Crippen LogP contribution is 2.29. The van der Waals surface area contributed by atoms with Gasteiger partial charge < -0.3 is 4.74 Å². The zero-order valence-electron chi connectivity index (χ0n) is 10.0. The Morgan fingerprint density at radius 3 is 2.87 bits per heavy atom. The van der Waals surface area contributed by atoms with E-state index in [-0.39, 0.29) is 5.41 Å². The summed E-state index contributed by atoms with van der Waals surface area (Å²) in [6, 6.07) is 0. The van der Waals surface area contributed by atoms with E-state index in [1.54, 1.807) is 6.26 Å². The molecule has 0 bridgehead atoms. The molecule has 1 aliphatic heterocycles. The second-order valence-electron chi connectivity index (χ2n) is 5.06. The first kappa shape index (κ1) is 12.8. The van der Waals surface area contributed by atoms with Crippen molar-refractivity contribution < 1.29 is 8.95 Å². The van der Waals surface area contributed by atoms with E-state index in [0.717, 1.165) is 24.3 Å². The molecule has 0 radical (unpaired) electrons. The molecule has 0 aromatic heterocycles. The minimum atomic E-state index is -0.642. The monoisotopic (exact) mass is 230 g/mol. The van der Waals surface area contributed by atoms with Crippen molar-refractivity contribution in [1.29, 1.82) is 0 Å². The van der Waals surface area contributed by atoms with Gasteiger partial charge in [0.25, 0.3) is 0 Å². The summed E-state index contributed by atoms with van der Waals surface area (Å²) in [6.45, 7) is 6.93. The SMILES string of the molecule is CC(C)=COCC1(C)CCCCS(=O)C1. The molecule has 0 spiro atoms. The largest absolute Gasteiger partial charge is 0.501 e. The van der Waals surface area contributed by atoms with Gasteiger partial charge in [0.2, 0.25) is 0 Å². The van der Waals surface area contributed by atoms with Crippen LogP contribution in [-0.4, -0.2) is 22.3 Å². The standard InChI is InChI=1S/C12H22O2S/c1-11(2)8-14-9-12(3)6-4-5-7-15(13)10-12/h8H,4-7,9-10H2,1-3H3. The first-order valence-corrected chi connectivity index (χ1v) is 7.11. The van der Waals surface area contributed by atoms with Crippen LogP contribution in [0.2, 0.25) is 0 Å². The highest BCUT2D eigenvalue weighted by molar-refractivity contribution is 7.85. The smallest absolute Gasteiger partial charge is 0.0935 e. The lowest BCUT2D eigenvalue weighted by molar-refractivity contribution is 0.130. The molecular formula is C12H22O2S. The fourth-order valence-electron chi connectivity index (χ4n) is 1.87. The topological polar surface area (TPSA) is 26.3 Å². The fourth-order valence-corrected chi connectivity index (χ4v) is 3.55. The number of hydrogen-bond acceptors (Lipinski definition) is 2. The lowest BCUT2D eigenvalue weighted by atomic mass is 9.88. The molecule has 2 unspecified atom stereocenters. The summed E-state index contributed by atoms with van der Waals surface area (Å²) in [4.78, 5) is 0. The van der Waals surface area contributed by atoms with Gasteiger partial charge in [0.1, 0.15) is 0 Å². The lowest BCUT2D eigenvalue weighted by Crippen LogP contribution is -2.28. The molecule has 88 valence electrons. The first-order valence-electron chi connectivity index (χ1n) is 5.62. The molecule has 0 saturated carbocycles. The Bertz CT molecular complexity index is 256. The van der Waals surface area contributed by atoms with Crippen molar-refractivity contribution in [2.45, 2.75) is 40.0 Å². The summed E-state index contributed by atoms with van der Waals surface area (Å²) >= 11 is 0. The third-order valence-corrected chi connectivity index (χ3v) is 4.43. The van der Waals surface area contributed by atoms with Gasteiger partial charge in [-0.3, -0.25) is 4.21 Å². The van der Waals surface area contributed by atoms with Crippen LogP contribution in [0.3, 0.4) is 0 Å². The van der Waals surface area contributed by atoms with E-state index in [2.05, 4.69) is 6.92 Å². The molecule has 1 saturated heterocycles. The van der Waals surface area contributed by atoms with Crippen LogP contribution in [0.4, 0.5) is 0 Å². The van der Waals surface area contributed by atoms with Crippen LogP contribution in [0.15, 0.2) is 11.8 Å². The minimum absolute atomic E-state index is 0.104. The van der Waals surface area contributed by atoms with Gasteiger partial charge in [0.05, 0.1) is 12.9 Å². The average molecular weight is 230 g/mol. The Morgan fingerprint density at radius 1 is 1.47 bits per heavy atom. The summed E-state index contributed by atoms with van der Waals surface area (Å²) in [7, 11) is -0.642. The first-order chi connectivity index (χ1) is 7.02. The van der Waals surface area contributed by atoms with Crippen LogP contribution in [0.1, 0.15) is 40.0 Å². The lowest BCUT2D eigenvalue weighted by Gasteiger charge is -2.26. The summed E-state index contributed by atoms with van der Waals surface area (Å²) in [6.07, 6.45) is 5.22. The minimum Gasteiger partial charge on any atom is -0.501 e. The predicted molar refractivity (Wildman–Crippen MR) is 65.2 cm³/mol. The van der Waals surface area contributed by atoms with Crippen molar-refractivity contribution in [3.63, 3.8) is 0 Å². The zero-order valence-corrected chi connectivity index (χ0v) is 10.9. The van der Waals surface area contributed by atoms with Gasteiger partial charge in [0.15, 0.2) is 0 Å². The molecule has 0 N–H and O–H groups in total. The van der Waals surface area contributed by atoms with Crippen LogP contribution < -0.4 is 0 Å². The van der Waals surface area contributed by atoms with Crippen molar-refractivity contribution in [2.24, 2.45) is 5.41 Å². The number of rotatable bonds is 3. The predicted octanol–water partition coefficient (Wildman–Crippen LogP) is 2.87. The van der Waals surface area contributed by atoms with E-state index in [1.807, 2.05) is 13.8 Å². The molecular weight excluding hydrogens is 208 g/mol. The second-order valence-corrected chi connectivity index (χ2v) is 6.64. The van der Waals surface area contributed by atoms with Gasteiger partial charge in [-0.2, -0.15) is 0 Å². The molecule has 0 aromatic carbocycles. The molecule has 2 atom stereocenters. The van der Waals surface area contributed by atoms with E-state index in [9.17, 15) is 4.21 Å². The van der Waals surface area contributed by atoms with Gasteiger partial charge >= 0.3 is 0 Å². The molecule has 1 heterocycles. The van der Waals surface area contributed by atoms with Crippen molar-refractivity contribution in [3.8, 4) is 0 Å². The third kappa shape index (κ3) is 4.83. The Hall–Kier alpha value is -0.310. The zero-order chi connectivity index (χ0) is 11.3. The molecule has 2 nitrogen and oxygen atoms in total. The van der Waals surface area contributed by atoms with Gasteiger partial charge in [-0.25, -0.2) is 0 Å². The van der Waals surface area contributed by atoms with Crippen molar-refractivity contribution in [2.75, 3.05) is 18.1 Å². The van der Waals surface area contributed by atoms with Crippen LogP contribution >= 0.6 is 0 Å². The number of hydrogen-bond donors (Lipinski definition) is 0. The average Bonchev–Trinajstić information content (AvgIpc) is 2.26. The van der Waals surface area contributed by atoms with Gasteiger partial charge in [0, 0.05) is 27.7 Å². The molecule has 1 aliphatic rings. The summed E-state index contributed by atoms with van der Waals surface area (Å²) in [5.41, 5.74) is 1.28. The van der Waals surface area contributed by atoms with Crippen molar-refractivity contribution in [3.05, 3.63) is 11.8 Å². The molecule has 1 rings (SSSR count). The highest BCUT2D eigenvalue weighted by atomic mass is 32.2. The molecule has 0 aliphatic carbocycles.